The fourth-order valence-electron chi connectivity index (χ4n) is 2.52. The van der Waals surface area contributed by atoms with E-state index in [0.29, 0.717) is 24.7 Å². The lowest BCUT2D eigenvalue weighted by molar-refractivity contribution is -0.118. The van der Waals surface area contributed by atoms with Gasteiger partial charge in [0.25, 0.3) is 0 Å². The van der Waals surface area contributed by atoms with E-state index in [1.165, 1.54) is 6.42 Å². The molecule has 0 unspecified atom stereocenters. The second-order valence-electron chi connectivity index (χ2n) is 5.75. The summed E-state index contributed by atoms with van der Waals surface area (Å²) in [6.45, 7) is 3.25. The zero-order chi connectivity index (χ0) is 15.2. The molecule has 0 bridgehead atoms. The molecule has 4 N–H and O–H groups in total. The van der Waals surface area contributed by atoms with Gasteiger partial charge >= 0.3 is 0 Å². The Kier molecular flexibility index (Phi) is 5.59. The second-order valence-corrected chi connectivity index (χ2v) is 5.75. The Morgan fingerprint density at radius 3 is 2.81 bits per heavy atom. The number of carbonyl (C=O) groups is 1. The van der Waals surface area contributed by atoms with Gasteiger partial charge in [-0.1, -0.05) is 12.5 Å². The number of nitrogen functional groups attached to an aromatic ring is 1. The minimum Gasteiger partial charge on any atom is -0.398 e. The Balaban J connectivity index is 1.90. The number of aliphatic hydroxyl groups is 1. The molecule has 0 heterocycles. The summed E-state index contributed by atoms with van der Waals surface area (Å²) in [4.78, 5) is 14.3. The molecule has 1 aliphatic rings. The summed E-state index contributed by atoms with van der Waals surface area (Å²) in [6.07, 6.45) is 4.24. The van der Waals surface area contributed by atoms with Gasteiger partial charge < -0.3 is 16.2 Å². The van der Waals surface area contributed by atoms with Crippen LogP contribution in [0.15, 0.2) is 18.2 Å². The van der Waals surface area contributed by atoms with Crippen LogP contribution in [0.1, 0.15) is 31.2 Å². The molecule has 1 aliphatic carbocycles. The largest absolute Gasteiger partial charge is 0.398 e. The molecular formula is C16H25N3O2. The first-order valence-corrected chi connectivity index (χ1v) is 7.61. The molecule has 0 aromatic heterocycles. The number of rotatable bonds is 7. The topological polar surface area (TPSA) is 78.6 Å². The predicted molar refractivity (Wildman–Crippen MR) is 85.1 cm³/mol. The lowest BCUT2D eigenvalue weighted by Crippen LogP contribution is -2.45. The summed E-state index contributed by atoms with van der Waals surface area (Å²) in [5, 5.41) is 11.9. The van der Waals surface area contributed by atoms with Crippen LogP contribution in [0.2, 0.25) is 0 Å². The van der Waals surface area contributed by atoms with Crippen LogP contribution in [0.4, 0.5) is 11.4 Å². The number of amides is 1. The molecule has 0 radical (unpaired) electrons. The van der Waals surface area contributed by atoms with Gasteiger partial charge in [-0.25, -0.2) is 0 Å². The van der Waals surface area contributed by atoms with Crippen molar-refractivity contribution in [3.05, 3.63) is 23.8 Å². The van der Waals surface area contributed by atoms with Crippen molar-refractivity contribution in [1.29, 1.82) is 0 Å². The van der Waals surface area contributed by atoms with Gasteiger partial charge in [0, 0.05) is 30.6 Å². The molecule has 1 saturated carbocycles. The van der Waals surface area contributed by atoms with Gasteiger partial charge in [0.15, 0.2) is 0 Å². The number of hydrogen-bond donors (Lipinski definition) is 3. The van der Waals surface area contributed by atoms with E-state index in [1.54, 1.807) is 6.07 Å². The third kappa shape index (κ3) is 4.44. The smallest absolute Gasteiger partial charge is 0.238 e. The Morgan fingerprint density at radius 1 is 1.48 bits per heavy atom. The highest BCUT2D eigenvalue weighted by Crippen LogP contribution is 2.25. The number of nitrogens with zero attached hydrogens (tertiary/aromatic N) is 1. The Hall–Kier alpha value is -1.59. The van der Waals surface area contributed by atoms with Gasteiger partial charge in [-0.2, -0.15) is 0 Å². The zero-order valence-electron chi connectivity index (χ0n) is 12.6. The minimum atomic E-state index is -0.0249. The number of benzene rings is 1. The molecule has 2 rings (SSSR count). The van der Waals surface area contributed by atoms with Gasteiger partial charge in [-0.05, 0) is 43.9 Å². The quantitative estimate of drug-likeness (QED) is 0.669. The standard InChI is InChI=1S/C16H25N3O2/c1-12-6-7-13(10-15(12)17)18-16(21)11-19(8-3-9-20)14-4-2-5-14/h6-7,10,14,20H,2-5,8-9,11,17H2,1H3,(H,18,21). The Labute approximate surface area is 126 Å². The van der Waals surface area contributed by atoms with Crippen LogP contribution in [0.3, 0.4) is 0 Å². The number of hydrogen-bond acceptors (Lipinski definition) is 4. The second kappa shape index (κ2) is 7.43. The van der Waals surface area contributed by atoms with E-state index in [-0.39, 0.29) is 12.5 Å². The molecule has 5 nitrogen and oxygen atoms in total. The molecule has 1 aromatic carbocycles. The van der Waals surface area contributed by atoms with E-state index in [0.717, 1.165) is 30.6 Å². The van der Waals surface area contributed by atoms with E-state index >= 15 is 0 Å². The summed E-state index contributed by atoms with van der Waals surface area (Å²) in [5.41, 5.74) is 8.28. The van der Waals surface area contributed by atoms with Crippen LogP contribution < -0.4 is 11.1 Å². The average molecular weight is 291 g/mol. The third-order valence-electron chi connectivity index (χ3n) is 4.10. The van der Waals surface area contributed by atoms with E-state index < -0.39 is 0 Å². The maximum atomic E-state index is 12.2. The van der Waals surface area contributed by atoms with E-state index in [4.69, 9.17) is 10.8 Å². The highest BCUT2D eigenvalue weighted by molar-refractivity contribution is 5.92. The number of carbonyl (C=O) groups excluding carboxylic acids is 1. The number of aliphatic hydroxyl groups excluding tert-OH is 1. The van der Waals surface area contributed by atoms with Gasteiger partial charge in [0.2, 0.25) is 5.91 Å². The van der Waals surface area contributed by atoms with Crippen LogP contribution in [0.5, 0.6) is 0 Å². The van der Waals surface area contributed by atoms with Crippen molar-refractivity contribution in [2.45, 2.75) is 38.6 Å². The summed E-state index contributed by atoms with van der Waals surface area (Å²) >= 11 is 0. The average Bonchev–Trinajstić information content (AvgIpc) is 2.38. The number of aryl methyl sites for hydroxylation is 1. The summed E-state index contributed by atoms with van der Waals surface area (Å²) in [5.74, 6) is -0.0249. The molecule has 0 spiro atoms. The zero-order valence-corrected chi connectivity index (χ0v) is 12.6. The SMILES string of the molecule is Cc1ccc(NC(=O)CN(CCCO)C2CCC2)cc1N. The fourth-order valence-corrected chi connectivity index (χ4v) is 2.52. The normalized spacial score (nSPS) is 15.0. The molecule has 21 heavy (non-hydrogen) atoms. The highest BCUT2D eigenvalue weighted by Gasteiger charge is 2.26. The first-order chi connectivity index (χ1) is 10.1. The van der Waals surface area contributed by atoms with Crippen LogP contribution in [-0.2, 0) is 4.79 Å². The molecule has 1 fully saturated rings. The molecule has 0 aliphatic heterocycles. The van der Waals surface area contributed by atoms with Crippen LogP contribution in [0.25, 0.3) is 0 Å². The first-order valence-electron chi connectivity index (χ1n) is 7.61. The Morgan fingerprint density at radius 2 is 2.24 bits per heavy atom. The molecule has 116 valence electrons. The molecule has 0 saturated heterocycles. The van der Waals surface area contributed by atoms with Crippen molar-refractivity contribution >= 4 is 17.3 Å². The summed E-state index contributed by atoms with van der Waals surface area (Å²) in [7, 11) is 0. The predicted octanol–water partition coefficient (Wildman–Crippen LogP) is 1.75. The lowest BCUT2D eigenvalue weighted by atomic mass is 9.91. The van der Waals surface area contributed by atoms with E-state index in [1.807, 2.05) is 19.1 Å². The van der Waals surface area contributed by atoms with Crippen molar-refractivity contribution < 1.29 is 9.90 Å². The van der Waals surface area contributed by atoms with Gasteiger partial charge in [-0.3, -0.25) is 9.69 Å². The van der Waals surface area contributed by atoms with E-state index in [2.05, 4.69) is 10.2 Å². The van der Waals surface area contributed by atoms with Crippen LogP contribution in [-0.4, -0.2) is 41.7 Å². The van der Waals surface area contributed by atoms with Crippen LogP contribution in [0, 0.1) is 6.92 Å². The molecule has 5 heteroatoms. The fraction of sp³-hybridized carbons (Fsp3) is 0.562. The van der Waals surface area contributed by atoms with Crippen molar-refractivity contribution in [1.82, 2.24) is 4.90 Å². The molecule has 1 aromatic rings. The summed E-state index contributed by atoms with van der Waals surface area (Å²) in [6, 6.07) is 6.05. The lowest BCUT2D eigenvalue weighted by Gasteiger charge is -2.37. The van der Waals surface area contributed by atoms with Gasteiger partial charge in [-0.15, -0.1) is 0 Å². The van der Waals surface area contributed by atoms with Crippen molar-refractivity contribution in [2.75, 3.05) is 30.7 Å². The monoisotopic (exact) mass is 291 g/mol. The van der Waals surface area contributed by atoms with Crippen molar-refractivity contribution in [3.8, 4) is 0 Å². The maximum Gasteiger partial charge on any atom is 0.238 e. The highest BCUT2D eigenvalue weighted by atomic mass is 16.3. The van der Waals surface area contributed by atoms with Crippen molar-refractivity contribution in [3.63, 3.8) is 0 Å². The van der Waals surface area contributed by atoms with E-state index in [9.17, 15) is 4.79 Å². The number of nitrogens with one attached hydrogen (secondary N) is 1. The Bertz CT molecular complexity index is 486. The summed E-state index contributed by atoms with van der Waals surface area (Å²) < 4.78 is 0. The van der Waals surface area contributed by atoms with Gasteiger partial charge in [0.1, 0.15) is 0 Å². The van der Waals surface area contributed by atoms with Crippen molar-refractivity contribution in [2.24, 2.45) is 0 Å². The molecular weight excluding hydrogens is 266 g/mol. The first kappa shape index (κ1) is 15.8. The molecule has 1 amide bonds. The maximum absolute atomic E-state index is 12.2. The number of nitrogens with two attached hydrogens (primary N) is 1. The van der Waals surface area contributed by atoms with Crippen LogP contribution >= 0.6 is 0 Å². The molecule has 0 atom stereocenters. The number of anilines is 2. The minimum absolute atomic E-state index is 0.0249. The van der Waals surface area contributed by atoms with Gasteiger partial charge in [0.05, 0.1) is 6.54 Å². The third-order valence-corrected chi connectivity index (χ3v) is 4.10.